The molecule has 4 aromatic rings. The Balaban J connectivity index is 1.36. The summed E-state index contributed by atoms with van der Waals surface area (Å²) in [5, 5.41) is 0. The van der Waals surface area contributed by atoms with Gasteiger partial charge in [0.2, 0.25) is 0 Å². The summed E-state index contributed by atoms with van der Waals surface area (Å²) in [6, 6.07) is 34.6. The van der Waals surface area contributed by atoms with E-state index in [1.165, 1.54) is 69.8 Å². The van der Waals surface area contributed by atoms with Crippen LogP contribution in [-0.2, 0) is 15.6 Å². The Morgan fingerprint density at radius 1 is 0.564 bits per heavy atom. The molecule has 0 saturated heterocycles. The zero-order valence-electron chi connectivity index (χ0n) is 36.0. The third-order valence-corrected chi connectivity index (χ3v) is 25.8. The maximum Gasteiger partial charge on any atom is 0.0598 e. The summed E-state index contributed by atoms with van der Waals surface area (Å²) in [4.78, 5) is 0. The molecule has 0 heterocycles. The van der Waals surface area contributed by atoms with Gasteiger partial charge in [0, 0.05) is 31.8 Å². The zero-order valence-corrected chi connectivity index (χ0v) is 39.0. The standard InChI is InChI=1S/C51H66OSi3/c1-35-31-39(49(3,4)5)25-27-41(35)45-33-37-21-15-17-23-43(37)47(45)53-55(12,30-20-14-13-19-29-52-51(9,10)11)54-48-44-24-18-16-22-38(44)34-46(48)42-28-26-40(32-36(42)2)50(6,7)8/h15-18,21-28,31-34,47-48H,13-14,19-20,29-30H2,1-12H3. The van der Waals surface area contributed by atoms with Gasteiger partial charge in [-0.3, -0.25) is 0 Å². The maximum absolute atomic E-state index is 6.10. The summed E-state index contributed by atoms with van der Waals surface area (Å²) in [5.41, 5.74) is 18.7. The molecular weight excluding hydrogens is 713 g/mol. The first-order valence-electron chi connectivity index (χ1n) is 20.9. The zero-order chi connectivity index (χ0) is 39.8. The number of hydrogen-bond donors (Lipinski definition) is 0. The van der Waals surface area contributed by atoms with Crippen molar-refractivity contribution in [2.45, 2.75) is 142 Å². The molecule has 4 heteroatoms. The molecule has 0 saturated carbocycles. The predicted molar refractivity (Wildman–Crippen MR) is 246 cm³/mol. The summed E-state index contributed by atoms with van der Waals surface area (Å²) in [7, 11) is 0.00186. The second kappa shape index (κ2) is 16.4. The Hall–Kier alpha value is -3.03. The number of ether oxygens (including phenoxy) is 1. The highest BCUT2D eigenvalue weighted by molar-refractivity contribution is 7.50. The van der Waals surface area contributed by atoms with Crippen LogP contribution in [0.15, 0.2) is 84.9 Å². The molecule has 0 N–H and O–H groups in total. The second-order valence-corrected chi connectivity index (χ2v) is 34.4. The molecule has 0 amide bonds. The first-order valence-corrected chi connectivity index (χ1v) is 27.7. The van der Waals surface area contributed by atoms with Gasteiger partial charge in [-0.1, -0.05) is 170 Å². The molecule has 2 aliphatic rings. The van der Waals surface area contributed by atoms with Crippen molar-refractivity contribution >= 4 is 48.5 Å². The third kappa shape index (κ3) is 9.93. The van der Waals surface area contributed by atoms with Crippen LogP contribution in [-0.4, -0.2) is 37.4 Å². The molecule has 55 heavy (non-hydrogen) atoms. The van der Waals surface area contributed by atoms with Crippen LogP contribution >= 0.6 is 0 Å². The minimum absolute atomic E-state index is 0.0594. The lowest BCUT2D eigenvalue weighted by Crippen LogP contribution is -2.50. The summed E-state index contributed by atoms with van der Waals surface area (Å²) in [6.07, 6.45) is 10.1. The van der Waals surface area contributed by atoms with Crippen LogP contribution in [0.1, 0.15) is 155 Å². The van der Waals surface area contributed by atoms with Crippen LogP contribution in [0.5, 0.6) is 0 Å². The molecule has 4 radical (unpaired) electrons. The van der Waals surface area contributed by atoms with E-state index >= 15 is 0 Å². The van der Waals surface area contributed by atoms with E-state index in [-0.39, 0.29) is 16.4 Å². The van der Waals surface area contributed by atoms with E-state index in [0.29, 0.717) is 11.1 Å². The fraction of sp³-hybridized carbons (Fsp3) is 0.451. The maximum atomic E-state index is 6.10. The van der Waals surface area contributed by atoms with Crippen molar-refractivity contribution in [3.63, 3.8) is 0 Å². The van der Waals surface area contributed by atoms with E-state index in [0.717, 1.165) is 31.1 Å². The average Bonchev–Trinajstić information content (AvgIpc) is 3.64. The molecule has 0 spiro atoms. The Morgan fingerprint density at radius 3 is 1.42 bits per heavy atom. The number of aryl methyl sites for hydroxylation is 2. The van der Waals surface area contributed by atoms with Gasteiger partial charge >= 0.3 is 0 Å². The summed E-state index contributed by atoms with van der Waals surface area (Å²) in [6.45, 7) is 28.8. The van der Waals surface area contributed by atoms with Crippen LogP contribution in [0.2, 0.25) is 12.6 Å². The van der Waals surface area contributed by atoms with E-state index in [2.05, 4.69) is 180 Å². The van der Waals surface area contributed by atoms with Crippen molar-refractivity contribution in [1.29, 1.82) is 0 Å². The number of allylic oxidation sites excluding steroid dienone is 2. The molecule has 2 unspecified atom stereocenters. The normalized spacial score (nSPS) is 18.1. The number of fused-ring (bicyclic) bond motifs is 2. The molecule has 4 aromatic carbocycles. The fourth-order valence-corrected chi connectivity index (χ4v) is 23.9. The van der Waals surface area contributed by atoms with Crippen molar-refractivity contribution in [2.24, 2.45) is 0 Å². The average molecular weight is 779 g/mol. The SMILES string of the molecule is Cc1cc(C(C)(C)C)ccc1C1=Cc2ccccc2C1[Si][Si](C)(CCCCCCOC(C)(C)C)[Si]C1C(c2ccc(C(C)(C)C)cc2C)=Cc2ccccc21. The van der Waals surface area contributed by atoms with Crippen molar-refractivity contribution in [3.8, 4) is 0 Å². The highest BCUT2D eigenvalue weighted by Crippen LogP contribution is 2.47. The molecule has 0 bridgehead atoms. The molecule has 6 rings (SSSR count). The molecule has 0 fully saturated rings. The van der Waals surface area contributed by atoms with Gasteiger partial charge < -0.3 is 4.74 Å². The van der Waals surface area contributed by atoms with Crippen LogP contribution in [0.25, 0.3) is 23.3 Å². The van der Waals surface area contributed by atoms with Gasteiger partial charge in [0.1, 0.15) is 0 Å². The van der Waals surface area contributed by atoms with Gasteiger partial charge in [-0.2, -0.15) is 0 Å². The van der Waals surface area contributed by atoms with E-state index in [9.17, 15) is 0 Å². The number of hydrogen-bond acceptors (Lipinski definition) is 1. The van der Waals surface area contributed by atoms with Crippen LogP contribution in [0, 0.1) is 13.8 Å². The lowest BCUT2D eigenvalue weighted by molar-refractivity contribution is -0.00471. The summed E-state index contributed by atoms with van der Waals surface area (Å²) in [5.74, 6) is 0. The quantitative estimate of drug-likeness (QED) is 0.0970. The second-order valence-electron chi connectivity index (χ2n) is 19.6. The lowest BCUT2D eigenvalue weighted by atomic mass is 9.84. The van der Waals surface area contributed by atoms with Gasteiger partial charge in [0.05, 0.1) is 5.60 Å². The van der Waals surface area contributed by atoms with Crippen LogP contribution in [0.3, 0.4) is 0 Å². The van der Waals surface area contributed by atoms with Crippen molar-refractivity contribution in [1.82, 2.24) is 0 Å². The highest BCUT2D eigenvalue weighted by atomic mass is 29.6. The molecule has 2 atom stereocenters. The van der Waals surface area contributed by atoms with E-state index in [4.69, 9.17) is 4.74 Å². The van der Waals surface area contributed by atoms with Gasteiger partial charge in [-0.05, 0) is 130 Å². The van der Waals surface area contributed by atoms with Crippen LogP contribution in [0.4, 0.5) is 0 Å². The number of unbranched alkanes of at least 4 members (excludes halogenated alkanes) is 3. The summed E-state index contributed by atoms with van der Waals surface area (Å²) >= 11 is 0. The molecule has 0 aromatic heterocycles. The van der Waals surface area contributed by atoms with Gasteiger partial charge in [-0.25, -0.2) is 0 Å². The van der Waals surface area contributed by atoms with E-state index in [1.54, 1.807) is 22.3 Å². The minimum atomic E-state index is -1.84. The van der Waals surface area contributed by atoms with Gasteiger partial charge in [0.15, 0.2) is 0 Å². The van der Waals surface area contributed by atoms with Crippen molar-refractivity contribution < 1.29 is 4.74 Å². The minimum Gasteiger partial charge on any atom is -0.376 e. The van der Waals surface area contributed by atoms with Crippen molar-refractivity contribution in [3.05, 3.63) is 141 Å². The van der Waals surface area contributed by atoms with Crippen LogP contribution < -0.4 is 0 Å². The molecule has 1 nitrogen and oxygen atoms in total. The third-order valence-electron chi connectivity index (χ3n) is 11.7. The van der Waals surface area contributed by atoms with E-state index < -0.39 is 7.11 Å². The molecule has 2 aliphatic carbocycles. The van der Waals surface area contributed by atoms with Gasteiger partial charge in [0.25, 0.3) is 0 Å². The number of benzene rings is 4. The number of rotatable bonds is 13. The fourth-order valence-electron chi connectivity index (χ4n) is 8.47. The smallest absolute Gasteiger partial charge is 0.0598 e. The Kier molecular flexibility index (Phi) is 12.4. The van der Waals surface area contributed by atoms with Gasteiger partial charge in [-0.15, -0.1) is 0 Å². The molecular formula is C51H66OSi3. The predicted octanol–water partition coefficient (Wildman–Crippen LogP) is 13.6. The Morgan fingerprint density at radius 2 is 1.00 bits per heavy atom. The van der Waals surface area contributed by atoms with Crippen molar-refractivity contribution in [2.75, 3.05) is 6.61 Å². The highest BCUT2D eigenvalue weighted by Gasteiger charge is 2.41. The first-order chi connectivity index (χ1) is 25.8. The lowest BCUT2D eigenvalue weighted by Gasteiger charge is -2.35. The monoisotopic (exact) mass is 778 g/mol. The topological polar surface area (TPSA) is 9.23 Å². The molecule has 288 valence electrons. The molecule has 0 aliphatic heterocycles. The Bertz CT molecular complexity index is 1920. The Labute approximate surface area is 340 Å². The summed E-state index contributed by atoms with van der Waals surface area (Å²) < 4.78 is 6.10. The first kappa shape index (κ1) is 41.6. The largest absolute Gasteiger partial charge is 0.376 e. The van der Waals surface area contributed by atoms with E-state index in [1.807, 2.05) is 0 Å².